The van der Waals surface area contributed by atoms with Crippen molar-refractivity contribution in [1.82, 2.24) is 5.32 Å². The zero-order valence-corrected chi connectivity index (χ0v) is 14.4. The molecule has 0 aliphatic carbocycles. The molecule has 23 heavy (non-hydrogen) atoms. The van der Waals surface area contributed by atoms with Crippen molar-refractivity contribution >= 4 is 11.6 Å². The number of ether oxygens (including phenoxy) is 1. The molecule has 0 aliphatic heterocycles. The Morgan fingerprint density at radius 2 is 1.74 bits per heavy atom. The van der Waals surface area contributed by atoms with Crippen LogP contribution in [0.3, 0.4) is 0 Å². The van der Waals surface area contributed by atoms with Gasteiger partial charge in [0.25, 0.3) is 5.91 Å². The monoisotopic (exact) mass is 312 g/mol. The number of nitrogens with one attached hydrogen (secondary N) is 1. The summed E-state index contributed by atoms with van der Waals surface area (Å²) in [5.41, 5.74) is 2.20. The molecular weight excluding hydrogens is 288 g/mol. The fourth-order valence-electron chi connectivity index (χ4n) is 2.36. The van der Waals surface area contributed by atoms with Gasteiger partial charge in [-0.3, -0.25) is 4.79 Å². The second-order valence-corrected chi connectivity index (χ2v) is 6.25. The summed E-state index contributed by atoms with van der Waals surface area (Å²) in [7, 11) is 5.55. The maximum Gasteiger partial charge on any atom is 0.252 e. The standard InChI is InChI=1S/C19H24N2O2/c1-19(2,15-9-11-17(23-5)12-10-15)20-18(22)14-7-6-8-16(13-14)21(3)4/h6-13H,1-5H3,(H,20,22). The highest BCUT2D eigenvalue weighted by Crippen LogP contribution is 2.23. The molecule has 4 nitrogen and oxygen atoms in total. The van der Waals surface area contributed by atoms with E-state index in [0.29, 0.717) is 5.56 Å². The summed E-state index contributed by atoms with van der Waals surface area (Å²) in [6, 6.07) is 15.3. The minimum atomic E-state index is -0.475. The predicted molar refractivity (Wildman–Crippen MR) is 94.3 cm³/mol. The van der Waals surface area contributed by atoms with Gasteiger partial charge < -0.3 is 15.0 Å². The molecule has 1 N–H and O–H groups in total. The molecule has 0 heterocycles. The third-order valence-electron chi connectivity index (χ3n) is 3.86. The molecule has 4 heteroatoms. The number of hydrogen-bond donors (Lipinski definition) is 1. The topological polar surface area (TPSA) is 41.6 Å². The van der Waals surface area contributed by atoms with E-state index in [9.17, 15) is 4.79 Å². The molecule has 122 valence electrons. The van der Waals surface area contributed by atoms with Gasteiger partial charge in [-0.15, -0.1) is 0 Å². The van der Waals surface area contributed by atoms with Gasteiger partial charge in [0.2, 0.25) is 0 Å². The van der Waals surface area contributed by atoms with Gasteiger partial charge >= 0.3 is 0 Å². The molecule has 0 aromatic heterocycles. The SMILES string of the molecule is COc1ccc(C(C)(C)NC(=O)c2cccc(N(C)C)c2)cc1. The predicted octanol–water partition coefficient (Wildman–Crippen LogP) is 3.43. The van der Waals surface area contributed by atoms with Gasteiger partial charge in [-0.1, -0.05) is 18.2 Å². The molecule has 0 saturated carbocycles. The molecule has 0 atom stereocenters. The maximum absolute atomic E-state index is 12.6. The third-order valence-corrected chi connectivity index (χ3v) is 3.86. The first-order valence-corrected chi connectivity index (χ1v) is 7.58. The van der Waals surface area contributed by atoms with Crippen LogP contribution in [-0.4, -0.2) is 27.1 Å². The molecule has 2 aromatic carbocycles. The molecular formula is C19H24N2O2. The second kappa shape index (κ2) is 6.73. The highest BCUT2D eigenvalue weighted by Gasteiger charge is 2.23. The van der Waals surface area contributed by atoms with Gasteiger partial charge in [-0.25, -0.2) is 0 Å². The highest BCUT2D eigenvalue weighted by molar-refractivity contribution is 5.95. The van der Waals surface area contributed by atoms with Crippen molar-refractivity contribution in [2.45, 2.75) is 19.4 Å². The Morgan fingerprint density at radius 3 is 2.30 bits per heavy atom. The van der Waals surface area contributed by atoms with Gasteiger partial charge in [0.15, 0.2) is 0 Å². The van der Waals surface area contributed by atoms with Crippen LogP contribution in [-0.2, 0) is 5.54 Å². The number of carbonyl (C=O) groups excluding carboxylic acids is 1. The van der Waals surface area contributed by atoms with E-state index in [1.54, 1.807) is 7.11 Å². The number of benzene rings is 2. The largest absolute Gasteiger partial charge is 0.497 e. The zero-order chi connectivity index (χ0) is 17.0. The molecule has 0 fully saturated rings. The minimum Gasteiger partial charge on any atom is -0.497 e. The maximum atomic E-state index is 12.6. The van der Waals surface area contributed by atoms with E-state index in [4.69, 9.17) is 4.74 Å². The quantitative estimate of drug-likeness (QED) is 0.919. The molecule has 0 aliphatic rings. The van der Waals surface area contributed by atoms with Crippen LogP contribution in [0.2, 0.25) is 0 Å². The fourth-order valence-corrected chi connectivity index (χ4v) is 2.36. The first-order valence-electron chi connectivity index (χ1n) is 7.58. The lowest BCUT2D eigenvalue weighted by molar-refractivity contribution is 0.0912. The van der Waals surface area contributed by atoms with Crippen LogP contribution in [0.5, 0.6) is 5.75 Å². The molecule has 0 radical (unpaired) electrons. The number of hydrogen-bond acceptors (Lipinski definition) is 3. The average Bonchev–Trinajstić information content (AvgIpc) is 2.54. The van der Waals surface area contributed by atoms with Gasteiger partial charge in [0, 0.05) is 25.3 Å². The Labute approximate surface area is 138 Å². The number of methoxy groups -OCH3 is 1. The lowest BCUT2D eigenvalue weighted by Crippen LogP contribution is -2.41. The summed E-state index contributed by atoms with van der Waals surface area (Å²) >= 11 is 0. The Morgan fingerprint density at radius 1 is 1.09 bits per heavy atom. The lowest BCUT2D eigenvalue weighted by Gasteiger charge is -2.27. The minimum absolute atomic E-state index is 0.0884. The fraction of sp³-hybridized carbons (Fsp3) is 0.316. The third kappa shape index (κ3) is 4.03. The first kappa shape index (κ1) is 16.9. The van der Waals surface area contributed by atoms with E-state index >= 15 is 0 Å². The average molecular weight is 312 g/mol. The summed E-state index contributed by atoms with van der Waals surface area (Å²) in [5.74, 6) is 0.712. The van der Waals surface area contributed by atoms with Gasteiger partial charge in [-0.2, -0.15) is 0 Å². The van der Waals surface area contributed by atoms with Crippen LogP contribution in [0.4, 0.5) is 5.69 Å². The molecule has 1 amide bonds. The molecule has 2 rings (SSSR count). The van der Waals surface area contributed by atoms with Crippen LogP contribution in [0.25, 0.3) is 0 Å². The van der Waals surface area contributed by atoms with Gasteiger partial charge in [0.05, 0.1) is 12.6 Å². The molecule has 0 spiro atoms. The summed E-state index contributed by atoms with van der Waals surface area (Å²) in [4.78, 5) is 14.6. The smallest absolute Gasteiger partial charge is 0.252 e. The van der Waals surface area contributed by atoms with Crippen molar-refractivity contribution in [3.63, 3.8) is 0 Å². The lowest BCUT2D eigenvalue weighted by atomic mass is 9.93. The Bertz CT molecular complexity index is 676. The number of nitrogens with zero attached hydrogens (tertiary/aromatic N) is 1. The Hall–Kier alpha value is -2.49. The highest BCUT2D eigenvalue weighted by atomic mass is 16.5. The summed E-state index contributed by atoms with van der Waals surface area (Å²) in [6.07, 6.45) is 0. The Balaban J connectivity index is 2.18. The zero-order valence-electron chi connectivity index (χ0n) is 14.4. The van der Waals surface area contributed by atoms with E-state index in [-0.39, 0.29) is 5.91 Å². The van der Waals surface area contributed by atoms with Crippen molar-refractivity contribution < 1.29 is 9.53 Å². The number of rotatable bonds is 5. The van der Waals surface area contributed by atoms with E-state index < -0.39 is 5.54 Å². The van der Waals surface area contributed by atoms with Crippen LogP contribution < -0.4 is 15.0 Å². The van der Waals surface area contributed by atoms with Crippen LogP contribution >= 0.6 is 0 Å². The van der Waals surface area contributed by atoms with E-state index in [1.807, 2.05) is 81.4 Å². The van der Waals surface area contributed by atoms with E-state index in [2.05, 4.69) is 5.32 Å². The molecule has 0 saturated heterocycles. The van der Waals surface area contributed by atoms with Crippen molar-refractivity contribution in [3.8, 4) is 5.75 Å². The van der Waals surface area contributed by atoms with Gasteiger partial charge in [-0.05, 0) is 49.7 Å². The van der Waals surface area contributed by atoms with Crippen LogP contribution in [0, 0.1) is 0 Å². The number of amides is 1. The van der Waals surface area contributed by atoms with E-state index in [0.717, 1.165) is 17.0 Å². The Kier molecular flexibility index (Phi) is 4.94. The summed E-state index contributed by atoms with van der Waals surface area (Å²) in [6.45, 7) is 3.98. The van der Waals surface area contributed by atoms with Gasteiger partial charge in [0.1, 0.15) is 5.75 Å². The number of anilines is 1. The molecule has 2 aromatic rings. The van der Waals surface area contributed by atoms with E-state index in [1.165, 1.54) is 0 Å². The first-order chi connectivity index (χ1) is 10.8. The van der Waals surface area contributed by atoms with Crippen molar-refractivity contribution in [3.05, 3.63) is 59.7 Å². The van der Waals surface area contributed by atoms with Crippen LogP contribution in [0.1, 0.15) is 29.8 Å². The van der Waals surface area contributed by atoms with Crippen molar-refractivity contribution in [2.24, 2.45) is 0 Å². The van der Waals surface area contributed by atoms with Crippen molar-refractivity contribution in [2.75, 3.05) is 26.1 Å². The second-order valence-electron chi connectivity index (χ2n) is 6.25. The van der Waals surface area contributed by atoms with Crippen LogP contribution in [0.15, 0.2) is 48.5 Å². The number of carbonyl (C=O) groups is 1. The molecule has 0 bridgehead atoms. The summed E-state index contributed by atoms with van der Waals surface area (Å²) in [5, 5.41) is 3.09. The van der Waals surface area contributed by atoms with Crippen molar-refractivity contribution in [1.29, 1.82) is 0 Å². The molecule has 0 unspecified atom stereocenters. The summed E-state index contributed by atoms with van der Waals surface area (Å²) < 4.78 is 5.18. The normalized spacial score (nSPS) is 11.0.